The molecule has 0 unspecified atom stereocenters. The highest BCUT2D eigenvalue weighted by molar-refractivity contribution is 7.89. The number of aromatic nitrogens is 1. The van der Waals surface area contributed by atoms with Crippen molar-refractivity contribution in [2.24, 2.45) is 0 Å². The van der Waals surface area contributed by atoms with Crippen molar-refractivity contribution in [3.8, 4) is 11.1 Å². The topological polar surface area (TPSA) is 76.1 Å². The lowest BCUT2D eigenvalue weighted by molar-refractivity contribution is 0.0981. The Morgan fingerprint density at radius 1 is 1.23 bits per heavy atom. The third kappa shape index (κ3) is 3.97. The quantitative estimate of drug-likeness (QED) is 0.855. The van der Waals surface area contributed by atoms with Gasteiger partial charge in [0.15, 0.2) is 0 Å². The standard InChI is InChI=1S/C14H12Cl2N2O3S/c1-8-5-9(14(19)18-22(2,20)21)3-4-11(8)10-6-12(15)13(16)17-7-10/h3-7H,1-2H3,(H,18,19). The first-order valence-corrected chi connectivity index (χ1v) is 8.76. The molecule has 0 radical (unpaired) electrons. The zero-order chi connectivity index (χ0) is 16.5. The lowest BCUT2D eigenvalue weighted by atomic mass is 9.99. The van der Waals surface area contributed by atoms with Crippen LogP contribution >= 0.6 is 23.2 Å². The van der Waals surface area contributed by atoms with E-state index in [0.717, 1.165) is 22.9 Å². The number of amides is 1. The van der Waals surface area contributed by atoms with E-state index in [1.54, 1.807) is 31.3 Å². The molecule has 8 heteroatoms. The molecule has 1 amide bonds. The van der Waals surface area contributed by atoms with Gasteiger partial charge >= 0.3 is 0 Å². The predicted molar refractivity (Wildman–Crippen MR) is 86.7 cm³/mol. The highest BCUT2D eigenvalue weighted by Crippen LogP contribution is 2.28. The Labute approximate surface area is 138 Å². The van der Waals surface area contributed by atoms with E-state index in [1.165, 1.54) is 6.07 Å². The number of benzene rings is 1. The van der Waals surface area contributed by atoms with Crippen molar-refractivity contribution in [3.05, 3.63) is 51.8 Å². The summed E-state index contributed by atoms with van der Waals surface area (Å²) in [5.74, 6) is -0.676. The molecule has 0 aliphatic heterocycles. The number of sulfonamides is 1. The summed E-state index contributed by atoms with van der Waals surface area (Å²) in [6, 6.07) is 6.51. The molecule has 0 saturated carbocycles. The van der Waals surface area contributed by atoms with Gasteiger partial charge in [0.25, 0.3) is 5.91 Å². The average molecular weight is 359 g/mol. The lowest BCUT2D eigenvalue weighted by Crippen LogP contribution is -2.29. The number of hydrogen-bond acceptors (Lipinski definition) is 4. The first-order chi connectivity index (χ1) is 10.2. The number of carbonyl (C=O) groups is 1. The molecule has 1 heterocycles. The second-order valence-electron chi connectivity index (χ2n) is 4.73. The summed E-state index contributed by atoms with van der Waals surface area (Å²) in [6.45, 7) is 1.80. The SMILES string of the molecule is Cc1cc(C(=O)NS(C)(=O)=O)ccc1-c1cnc(Cl)c(Cl)c1. The van der Waals surface area contributed by atoms with Crippen molar-refractivity contribution in [2.75, 3.05) is 6.26 Å². The second kappa shape index (κ2) is 6.24. The molecule has 1 aromatic heterocycles. The Hall–Kier alpha value is -1.63. The average Bonchev–Trinajstić information content (AvgIpc) is 2.40. The number of carbonyl (C=O) groups excluding carboxylic acids is 1. The van der Waals surface area contributed by atoms with E-state index < -0.39 is 15.9 Å². The van der Waals surface area contributed by atoms with E-state index in [1.807, 2.05) is 4.72 Å². The van der Waals surface area contributed by atoms with Crippen LogP contribution in [0.25, 0.3) is 11.1 Å². The van der Waals surface area contributed by atoms with Gasteiger partial charge in [0.2, 0.25) is 10.0 Å². The second-order valence-corrected chi connectivity index (χ2v) is 7.24. The van der Waals surface area contributed by atoms with E-state index in [2.05, 4.69) is 4.98 Å². The molecule has 0 aliphatic carbocycles. The van der Waals surface area contributed by atoms with Crippen molar-refractivity contribution in [1.29, 1.82) is 0 Å². The molecule has 0 saturated heterocycles. The van der Waals surface area contributed by atoms with Crippen molar-refractivity contribution in [1.82, 2.24) is 9.71 Å². The van der Waals surface area contributed by atoms with Gasteiger partial charge in [-0.25, -0.2) is 18.1 Å². The van der Waals surface area contributed by atoms with Gasteiger partial charge in [-0.1, -0.05) is 29.3 Å². The number of halogens is 2. The number of hydrogen-bond donors (Lipinski definition) is 1. The highest BCUT2D eigenvalue weighted by atomic mass is 35.5. The molecule has 22 heavy (non-hydrogen) atoms. The van der Waals surface area contributed by atoms with Crippen LogP contribution in [0.15, 0.2) is 30.5 Å². The predicted octanol–water partition coefficient (Wildman–Crippen LogP) is 3.05. The molecular weight excluding hydrogens is 347 g/mol. The molecule has 5 nitrogen and oxygen atoms in total. The largest absolute Gasteiger partial charge is 0.268 e. The number of nitrogens with one attached hydrogen (secondary N) is 1. The van der Waals surface area contributed by atoms with Gasteiger partial charge in [0.1, 0.15) is 5.15 Å². The summed E-state index contributed by atoms with van der Waals surface area (Å²) >= 11 is 11.7. The van der Waals surface area contributed by atoms with Crippen LogP contribution in [0.4, 0.5) is 0 Å². The van der Waals surface area contributed by atoms with E-state index in [-0.39, 0.29) is 10.7 Å². The van der Waals surface area contributed by atoms with Crippen molar-refractivity contribution < 1.29 is 13.2 Å². The normalized spacial score (nSPS) is 11.3. The van der Waals surface area contributed by atoms with Crippen LogP contribution in [0, 0.1) is 6.92 Å². The third-order valence-corrected chi connectivity index (χ3v) is 4.12. The van der Waals surface area contributed by atoms with Crippen molar-refractivity contribution >= 4 is 39.1 Å². The van der Waals surface area contributed by atoms with E-state index in [4.69, 9.17) is 23.2 Å². The Balaban J connectivity index is 2.38. The molecule has 1 aromatic carbocycles. The minimum absolute atomic E-state index is 0.215. The minimum Gasteiger partial charge on any atom is -0.268 e. The summed E-state index contributed by atoms with van der Waals surface area (Å²) in [5, 5.41) is 0.546. The van der Waals surface area contributed by atoms with E-state index in [9.17, 15) is 13.2 Å². The van der Waals surface area contributed by atoms with Gasteiger partial charge in [0, 0.05) is 17.3 Å². The fraction of sp³-hybridized carbons (Fsp3) is 0.143. The van der Waals surface area contributed by atoms with Gasteiger partial charge < -0.3 is 0 Å². The van der Waals surface area contributed by atoms with Gasteiger partial charge in [-0.2, -0.15) is 0 Å². The summed E-state index contributed by atoms with van der Waals surface area (Å²) in [7, 11) is -3.60. The number of aryl methyl sites for hydroxylation is 1. The Kier molecular flexibility index (Phi) is 4.75. The zero-order valence-electron chi connectivity index (χ0n) is 11.7. The monoisotopic (exact) mass is 358 g/mol. The van der Waals surface area contributed by atoms with Crippen LogP contribution in [0.1, 0.15) is 15.9 Å². The molecule has 1 N–H and O–H groups in total. The fourth-order valence-corrected chi connectivity index (χ4v) is 2.65. The smallest absolute Gasteiger partial charge is 0.264 e. The highest BCUT2D eigenvalue weighted by Gasteiger charge is 2.13. The molecule has 0 fully saturated rings. The van der Waals surface area contributed by atoms with Crippen LogP contribution in [-0.4, -0.2) is 25.6 Å². The van der Waals surface area contributed by atoms with Crippen LogP contribution in [0.3, 0.4) is 0 Å². The zero-order valence-corrected chi connectivity index (χ0v) is 14.1. The molecule has 2 aromatic rings. The Morgan fingerprint density at radius 2 is 1.91 bits per heavy atom. The van der Waals surface area contributed by atoms with Crippen LogP contribution in [-0.2, 0) is 10.0 Å². The maximum Gasteiger partial charge on any atom is 0.264 e. The van der Waals surface area contributed by atoms with Gasteiger partial charge in [-0.15, -0.1) is 0 Å². The Bertz CT molecular complexity index is 851. The Morgan fingerprint density at radius 3 is 2.45 bits per heavy atom. The molecule has 0 bridgehead atoms. The number of nitrogens with zero attached hydrogens (tertiary/aromatic N) is 1. The van der Waals surface area contributed by atoms with Crippen LogP contribution in [0.5, 0.6) is 0 Å². The molecule has 2 rings (SSSR count). The molecule has 0 atom stereocenters. The van der Waals surface area contributed by atoms with Crippen molar-refractivity contribution in [3.63, 3.8) is 0 Å². The molecule has 0 spiro atoms. The summed E-state index contributed by atoms with van der Waals surface area (Å²) in [4.78, 5) is 15.8. The third-order valence-electron chi connectivity index (χ3n) is 2.87. The lowest BCUT2D eigenvalue weighted by Gasteiger charge is -2.09. The first-order valence-electron chi connectivity index (χ1n) is 6.11. The van der Waals surface area contributed by atoms with Gasteiger partial charge in [0.05, 0.1) is 11.3 Å². The number of pyridine rings is 1. The van der Waals surface area contributed by atoms with Gasteiger partial charge in [-0.05, 0) is 36.2 Å². The van der Waals surface area contributed by atoms with E-state index >= 15 is 0 Å². The van der Waals surface area contributed by atoms with Crippen molar-refractivity contribution in [2.45, 2.75) is 6.92 Å². The molecular formula is C14H12Cl2N2O3S. The van der Waals surface area contributed by atoms with Gasteiger partial charge in [-0.3, -0.25) is 4.79 Å². The molecule has 116 valence electrons. The summed E-state index contributed by atoms with van der Waals surface area (Å²) < 4.78 is 24.1. The summed E-state index contributed by atoms with van der Waals surface area (Å²) in [6.07, 6.45) is 2.50. The van der Waals surface area contributed by atoms with Crippen LogP contribution < -0.4 is 4.72 Å². The summed E-state index contributed by atoms with van der Waals surface area (Å²) in [5.41, 5.74) is 2.60. The number of rotatable bonds is 3. The maximum atomic E-state index is 11.8. The van der Waals surface area contributed by atoms with E-state index in [0.29, 0.717) is 5.02 Å². The van der Waals surface area contributed by atoms with Crippen LogP contribution in [0.2, 0.25) is 10.2 Å². The minimum atomic E-state index is -3.60. The first kappa shape index (κ1) is 16.7. The maximum absolute atomic E-state index is 11.8. The molecule has 0 aliphatic rings. The fourth-order valence-electron chi connectivity index (χ4n) is 1.92.